The highest BCUT2D eigenvalue weighted by atomic mass is 31.3. The molecular formula is C12H20N3O12P3. The summed E-state index contributed by atoms with van der Waals surface area (Å²) in [6.07, 6.45) is 0.0637. The van der Waals surface area contributed by atoms with Gasteiger partial charge in [-0.2, -0.15) is 13.6 Å². The topological polar surface area (TPSA) is 241 Å². The van der Waals surface area contributed by atoms with Gasteiger partial charge in [-0.05, 0) is 18.1 Å². The van der Waals surface area contributed by atoms with Gasteiger partial charge < -0.3 is 30.4 Å². The molecule has 7 N–H and O–H groups in total. The zero-order valence-electron chi connectivity index (χ0n) is 15.3. The van der Waals surface area contributed by atoms with Gasteiger partial charge in [0.15, 0.2) is 0 Å². The number of hydrogen-bond acceptors (Lipinski definition) is 10. The Morgan fingerprint density at radius 3 is 2.40 bits per heavy atom. The summed E-state index contributed by atoms with van der Waals surface area (Å²) >= 11 is 0. The fourth-order valence-corrected chi connectivity index (χ4v) is 5.99. The molecule has 1 aromatic rings. The molecule has 1 aliphatic carbocycles. The molecule has 1 aromatic heterocycles. The van der Waals surface area contributed by atoms with Crippen molar-refractivity contribution in [3.63, 3.8) is 0 Å². The maximum atomic E-state index is 12.1. The Bertz CT molecular complexity index is 1040. The van der Waals surface area contributed by atoms with Crippen LogP contribution >= 0.6 is 23.5 Å². The molecule has 15 nitrogen and oxygen atoms in total. The molecular weight excluding hydrogens is 471 g/mol. The molecule has 1 saturated carbocycles. The fraction of sp³-hybridized carbons (Fsp3) is 0.500. The van der Waals surface area contributed by atoms with E-state index in [0.717, 1.165) is 4.57 Å². The Balaban J connectivity index is 2.16. The minimum absolute atomic E-state index is 0.0178. The number of nitrogens with two attached hydrogens (primary N) is 1. The van der Waals surface area contributed by atoms with Crippen molar-refractivity contribution in [1.29, 1.82) is 0 Å². The lowest BCUT2D eigenvalue weighted by atomic mass is 9.84. The van der Waals surface area contributed by atoms with Gasteiger partial charge in [0.05, 0.1) is 18.8 Å². The van der Waals surface area contributed by atoms with E-state index in [4.69, 9.17) is 15.5 Å². The molecule has 1 heterocycles. The van der Waals surface area contributed by atoms with Gasteiger partial charge in [-0.15, -0.1) is 0 Å². The zero-order chi connectivity index (χ0) is 23.1. The SMILES string of the molecule is C=C1[C@@H](n2ccc(N)nc2=O)C[C@H](O)[C@@]1(C)COP(=O)(O)OP(=O)(O)OP(=O)(O)O. The Kier molecular flexibility index (Phi) is 7.00. The number of aliphatic hydroxyl groups excluding tert-OH is 1. The van der Waals surface area contributed by atoms with E-state index in [1.54, 1.807) is 0 Å². The third-order valence-corrected chi connectivity index (χ3v) is 8.23. The minimum atomic E-state index is -5.67. The van der Waals surface area contributed by atoms with Crippen LogP contribution in [0.3, 0.4) is 0 Å². The van der Waals surface area contributed by atoms with Gasteiger partial charge in [0.25, 0.3) is 0 Å². The molecule has 30 heavy (non-hydrogen) atoms. The van der Waals surface area contributed by atoms with Crippen LogP contribution in [0.5, 0.6) is 0 Å². The average molecular weight is 491 g/mol. The summed E-state index contributed by atoms with van der Waals surface area (Å²) in [7, 11) is -16.6. The quantitative estimate of drug-likeness (QED) is 0.208. The third kappa shape index (κ3) is 5.94. The van der Waals surface area contributed by atoms with Crippen LogP contribution in [0.15, 0.2) is 29.2 Å². The van der Waals surface area contributed by atoms with Gasteiger partial charge in [-0.3, -0.25) is 9.09 Å². The molecule has 0 spiro atoms. The number of aromatic nitrogens is 2. The van der Waals surface area contributed by atoms with Crippen LogP contribution in [0.25, 0.3) is 0 Å². The third-order valence-electron chi connectivity index (χ3n) is 4.45. The molecule has 2 rings (SSSR count). The Hall–Kier alpha value is -1.21. The molecule has 0 amide bonds. The van der Waals surface area contributed by atoms with E-state index in [0.29, 0.717) is 0 Å². The van der Waals surface area contributed by atoms with Gasteiger partial charge in [-0.25, -0.2) is 18.5 Å². The lowest BCUT2D eigenvalue weighted by Crippen LogP contribution is -2.33. The molecule has 170 valence electrons. The highest BCUT2D eigenvalue weighted by molar-refractivity contribution is 7.66. The first-order valence-electron chi connectivity index (χ1n) is 7.96. The largest absolute Gasteiger partial charge is 0.490 e. The van der Waals surface area contributed by atoms with Crippen molar-refractivity contribution in [3.8, 4) is 0 Å². The highest BCUT2D eigenvalue weighted by Crippen LogP contribution is 2.66. The summed E-state index contributed by atoms with van der Waals surface area (Å²) in [6.45, 7) is 4.42. The highest BCUT2D eigenvalue weighted by Gasteiger charge is 2.50. The lowest BCUT2D eigenvalue weighted by molar-refractivity contribution is 0.0368. The van der Waals surface area contributed by atoms with Gasteiger partial charge >= 0.3 is 29.2 Å². The molecule has 0 aromatic carbocycles. The second-order valence-corrected chi connectivity index (χ2v) is 11.0. The molecule has 1 aliphatic rings. The zero-order valence-corrected chi connectivity index (χ0v) is 18.0. The second kappa shape index (κ2) is 8.38. The number of aliphatic hydroxyl groups is 1. The van der Waals surface area contributed by atoms with Crippen molar-refractivity contribution >= 4 is 29.3 Å². The van der Waals surface area contributed by atoms with Crippen LogP contribution in [0, 0.1) is 5.41 Å². The summed E-state index contributed by atoms with van der Waals surface area (Å²) < 4.78 is 47.0. The summed E-state index contributed by atoms with van der Waals surface area (Å²) in [4.78, 5) is 51.4. The van der Waals surface area contributed by atoms with Crippen molar-refractivity contribution in [2.24, 2.45) is 5.41 Å². The van der Waals surface area contributed by atoms with Crippen molar-refractivity contribution in [2.45, 2.75) is 25.5 Å². The molecule has 0 radical (unpaired) electrons. The van der Waals surface area contributed by atoms with Gasteiger partial charge in [-0.1, -0.05) is 13.5 Å². The second-order valence-electron chi connectivity index (χ2n) is 6.62. The molecule has 18 heteroatoms. The number of nitrogens with zero attached hydrogens (tertiary/aromatic N) is 2. The molecule has 1 fully saturated rings. The number of phosphoric ester groups is 1. The van der Waals surface area contributed by atoms with Gasteiger partial charge in [0, 0.05) is 11.6 Å². The first-order chi connectivity index (χ1) is 13.5. The number of phosphoric acid groups is 3. The summed E-state index contributed by atoms with van der Waals surface area (Å²) in [5, 5.41) is 10.4. The van der Waals surface area contributed by atoms with E-state index < -0.39 is 53.3 Å². The van der Waals surface area contributed by atoms with Crippen LogP contribution in [-0.2, 0) is 26.8 Å². The Morgan fingerprint density at radius 1 is 1.27 bits per heavy atom. The van der Waals surface area contributed by atoms with Crippen LogP contribution in [0.4, 0.5) is 5.82 Å². The molecule has 5 atom stereocenters. The number of rotatable bonds is 8. The monoisotopic (exact) mass is 491 g/mol. The number of hydrogen-bond donors (Lipinski definition) is 6. The van der Waals surface area contributed by atoms with Gasteiger partial charge in [0.1, 0.15) is 5.82 Å². The maximum absolute atomic E-state index is 12.1. The van der Waals surface area contributed by atoms with E-state index in [1.807, 2.05) is 0 Å². The molecule has 2 unspecified atom stereocenters. The fourth-order valence-electron chi connectivity index (χ4n) is 2.86. The molecule has 0 bridgehead atoms. The summed E-state index contributed by atoms with van der Waals surface area (Å²) in [5.74, 6) is -0.0178. The van der Waals surface area contributed by atoms with Crippen LogP contribution in [0.2, 0.25) is 0 Å². The van der Waals surface area contributed by atoms with Crippen molar-refractivity contribution < 1.29 is 51.5 Å². The predicted octanol–water partition coefficient (Wildman–Crippen LogP) is 0.0370. The van der Waals surface area contributed by atoms with Crippen LogP contribution < -0.4 is 11.4 Å². The van der Waals surface area contributed by atoms with E-state index >= 15 is 0 Å². The maximum Gasteiger partial charge on any atom is 0.490 e. The van der Waals surface area contributed by atoms with E-state index in [1.165, 1.54) is 19.2 Å². The van der Waals surface area contributed by atoms with E-state index in [2.05, 4.69) is 24.7 Å². The van der Waals surface area contributed by atoms with Crippen molar-refractivity contribution in [2.75, 3.05) is 12.3 Å². The van der Waals surface area contributed by atoms with Crippen LogP contribution in [0.1, 0.15) is 19.4 Å². The minimum Gasteiger partial charge on any atom is -0.392 e. The van der Waals surface area contributed by atoms with E-state index in [-0.39, 0.29) is 17.8 Å². The lowest BCUT2D eigenvalue weighted by Gasteiger charge is -2.30. The molecule has 0 aliphatic heterocycles. The summed E-state index contributed by atoms with van der Waals surface area (Å²) in [6, 6.07) is 0.582. The number of anilines is 1. The average Bonchev–Trinajstić information content (AvgIpc) is 2.74. The van der Waals surface area contributed by atoms with Crippen molar-refractivity contribution in [1.82, 2.24) is 9.55 Å². The molecule has 0 saturated heterocycles. The summed E-state index contributed by atoms with van der Waals surface area (Å²) in [5.41, 5.74) is 3.51. The standard InChI is InChI=1S/C12H20N3O12P3/c1-7-8(15-4-3-10(13)14-11(15)17)5-9(16)12(7,2)6-25-29(21,22)27-30(23,24)26-28(18,19)20/h3-4,8-9,16H,1,5-6H2,2H3,(H,21,22)(H,23,24)(H2,13,14,17)(H2,18,19,20)/t8-,9-,12-/m0/s1. The van der Waals surface area contributed by atoms with E-state index in [9.17, 15) is 33.4 Å². The number of nitrogen functional groups attached to an aromatic ring is 1. The van der Waals surface area contributed by atoms with Crippen molar-refractivity contribution in [3.05, 3.63) is 34.9 Å². The Labute approximate surface area is 169 Å². The first kappa shape index (κ1) is 25.1. The van der Waals surface area contributed by atoms with Crippen LogP contribution in [-0.4, -0.2) is 46.9 Å². The normalized spacial score (nSPS) is 28.8. The first-order valence-corrected chi connectivity index (χ1v) is 12.5. The smallest absolute Gasteiger partial charge is 0.392 e. The van der Waals surface area contributed by atoms with Gasteiger partial charge in [0.2, 0.25) is 0 Å². The Morgan fingerprint density at radius 2 is 1.87 bits per heavy atom. The predicted molar refractivity (Wildman–Crippen MR) is 99.6 cm³/mol.